The summed E-state index contributed by atoms with van der Waals surface area (Å²) in [7, 11) is 1.65. The molecule has 0 radical (unpaired) electrons. The Balaban J connectivity index is 3.19. The minimum Gasteiger partial charge on any atom is -0.497 e. The first-order chi connectivity index (χ1) is 5.95. The van der Waals surface area contributed by atoms with Crippen LogP contribution in [0.3, 0.4) is 0 Å². The van der Waals surface area contributed by atoms with E-state index < -0.39 is 0 Å². The Hall–Kier alpha value is -0.540. The fraction of sp³-hybridized carbons (Fsp3) is 0.400. The van der Waals surface area contributed by atoms with Gasteiger partial charge in [0, 0.05) is 10.0 Å². The van der Waals surface area contributed by atoms with Crippen LogP contribution in [0, 0.1) is 0 Å². The molecule has 0 spiro atoms. The molecule has 0 aromatic heterocycles. The van der Waals surface area contributed by atoms with Gasteiger partial charge in [0.25, 0.3) is 0 Å². The molecule has 1 aromatic rings. The highest BCUT2D eigenvalue weighted by molar-refractivity contribution is 9.10. The molecule has 0 aliphatic carbocycles. The van der Waals surface area contributed by atoms with Gasteiger partial charge in [0.2, 0.25) is 0 Å². The Labute approximate surface area is 87.2 Å². The van der Waals surface area contributed by atoms with Gasteiger partial charge < -0.3 is 10.5 Å². The van der Waals surface area contributed by atoms with Gasteiger partial charge in [0.15, 0.2) is 0 Å². The number of methoxy groups -OCH3 is 1. The van der Waals surface area contributed by atoms with E-state index in [9.17, 15) is 0 Å². The van der Waals surface area contributed by atoms with Crippen LogP contribution >= 0.6 is 15.9 Å². The highest BCUT2D eigenvalue weighted by Gasteiger charge is 2.17. The van der Waals surface area contributed by atoms with E-state index in [1.165, 1.54) is 0 Å². The minimum atomic E-state index is -0.354. The van der Waals surface area contributed by atoms with E-state index in [4.69, 9.17) is 10.5 Å². The molecule has 0 saturated carbocycles. The second-order valence-electron chi connectivity index (χ2n) is 3.57. The van der Waals surface area contributed by atoms with Gasteiger partial charge in [-0.3, -0.25) is 0 Å². The number of benzene rings is 1. The summed E-state index contributed by atoms with van der Waals surface area (Å²) in [5.74, 6) is 0.830. The lowest BCUT2D eigenvalue weighted by molar-refractivity contribution is 0.412. The molecule has 0 saturated heterocycles. The first-order valence-corrected chi connectivity index (χ1v) is 4.87. The quantitative estimate of drug-likeness (QED) is 0.867. The molecule has 0 amide bonds. The molecule has 2 N–H and O–H groups in total. The van der Waals surface area contributed by atoms with Crippen LogP contribution in [0.1, 0.15) is 19.4 Å². The average molecular weight is 244 g/mol. The van der Waals surface area contributed by atoms with Crippen molar-refractivity contribution in [3.63, 3.8) is 0 Å². The zero-order chi connectivity index (χ0) is 10.1. The van der Waals surface area contributed by atoms with Gasteiger partial charge in [-0.1, -0.05) is 15.9 Å². The number of ether oxygens (including phenoxy) is 1. The highest BCUT2D eigenvalue weighted by Crippen LogP contribution is 2.29. The third-order valence-electron chi connectivity index (χ3n) is 1.87. The summed E-state index contributed by atoms with van der Waals surface area (Å²) in [5.41, 5.74) is 6.69. The van der Waals surface area contributed by atoms with Crippen LogP contribution < -0.4 is 10.5 Å². The lowest BCUT2D eigenvalue weighted by Crippen LogP contribution is -2.29. The van der Waals surface area contributed by atoms with Gasteiger partial charge >= 0.3 is 0 Å². The van der Waals surface area contributed by atoms with E-state index in [1.807, 2.05) is 32.0 Å². The Morgan fingerprint density at radius 1 is 1.38 bits per heavy atom. The SMILES string of the molecule is COc1ccc(Br)c(C(C)(C)N)c1. The summed E-state index contributed by atoms with van der Waals surface area (Å²) in [4.78, 5) is 0. The monoisotopic (exact) mass is 243 g/mol. The van der Waals surface area contributed by atoms with E-state index in [1.54, 1.807) is 7.11 Å². The summed E-state index contributed by atoms with van der Waals surface area (Å²) in [6, 6.07) is 5.80. The lowest BCUT2D eigenvalue weighted by Gasteiger charge is -2.21. The molecule has 3 heteroatoms. The van der Waals surface area contributed by atoms with Crippen molar-refractivity contribution in [2.75, 3.05) is 7.11 Å². The molecule has 0 heterocycles. The minimum absolute atomic E-state index is 0.354. The normalized spacial score (nSPS) is 11.5. The van der Waals surface area contributed by atoms with Crippen LogP contribution in [0.5, 0.6) is 5.75 Å². The molecule has 2 nitrogen and oxygen atoms in total. The molecule has 13 heavy (non-hydrogen) atoms. The van der Waals surface area contributed by atoms with Gasteiger partial charge in [-0.15, -0.1) is 0 Å². The number of rotatable bonds is 2. The molecule has 0 unspecified atom stereocenters. The number of hydrogen-bond acceptors (Lipinski definition) is 2. The van der Waals surface area contributed by atoms with Crippen LogP contribution in [-0.4, -0.2) is 7.11 Å². The van der Waals surface area contributed by atoms with Gasteiger partial charge in [0.05, 0.1) is 7.11 Å². The van der Waals surface area contributed by atoms with Crippen LogP contribution in [0.15, 0.2) is 22.7 Å². The van der Waals surface area contributed by atoms with Crippen LogP contribution in [0.4, 0.5) is 0 Å². The van der Waals surface area contributed by atoms with Crippen molar-refractivity contribution in [2.45, 2.75) is 19.4 Å². The molecule has 0 atom stereocenters. The molecule has 72 valence electrons. The lowest BCUT2D eigenvalue weighted by atomic mass is 9.96. The maximum absolute atomic E-state index is 6.00. The molecular formula is C10H14BrNO. The maximum atomic E-state index is 6.00. The number of hydrogen-bond donors (Lipinski definition) is 1. The van der Waals surface area contributed by atoms with Gasteiger partial charge in [0.1, 0.15) is 5.75 Å². The van der Waals surface area contributed by atoms with Crippen molar-refractivity contribution < 1.29 is 4.74 Å². The van der Waals surface area contributed by atoms with Crippen molar-refractivity contribution in [3.05, 3.63) is 28.2 Å². The van der Waals surface area contributed by atoms with E-state index >= 15 is 0 Å². The molecule has 1 rings (SSSR count). The van der Waals surface area contributed by atoms with E-state index in [0.29, 0.717) is 0 Å². The molecule has 0 bridgehead atoms. The predicted octanol–water partition coefficient (Wildman–Crippen LogP) is 2.65. The molecule has 0 aliphatic rings. The van der Waals surface area contributed by atoms with Gasteiger partial charge in [-0.25, -0.2) is 0 Å². The Bertz CT molecular complexity index is 304. The zero-order valence-electron chi connectivity index (χ0n) is 8.10. The maximum Gasteiger partial charge on any atom is 0.119 e. The average Bonchev–Trinajstić information content (AvgIpc) is 2.03. The van der Waals surface area contributed by atoms with Crippen molar-refractivity contribution >= 4 is 15.9 Å². The summed E-state index contributed by atoms with van der Waals surface area (Å²) in [6.07, 6.45) is 0. The van der Waals surface area contributed by atoms with Crippen LogP contribution in [0.2, 0.25) is 0 Å². The van der Waals surface area contributed by atoms with E-state index in [0.717, 1.165) is 15.8 Å². The zero-order valence-corrected chi connectivity index (χ0v) is 9.68. The second-order valence-corrected chi connectivity index (χ2v) is 4.42. The fourth-order valence-electron chi connectivity index (χ4n) is 1.13. The number of nitrogens with two attached hydrogens (primary N) is 1. The summed E-state index contributed by atoms with van der Waals surface area (Å²) >= 11 is 3.46. The Morgan fingerprint density at radius 3 is 2.46 bits per heavy atom. The smallest absolute Gasteiger partial charge is 0.119 e. The van der Waals surface area contributed by atoms with Crippen LogP contribution in [-0.2, 0) is 5.54 Å². The van der Waals surface area contributed by atoms with Crippen LogP contribution in [0.25, 0.3) is 0 Å². The first-order valence-electron chi connectivity index (χ1n) is 4.08. The second kappa shape index (κ2) is 3.68. The van der Waals surface area contributed by atoms with Crippen molar-refractivity contribution in [3.8, 4) is 5.75 Å². The van der Waals surface area contributed by atoms with Gasteiger partial charge in [-0.05, 0) is 37.6 Å². The van der Waals surface area contributed by atoms with E-state index in [2.05, 4.69) is 15.9 Å². The summed E-state index contributed by atoms with van der Waals surface area (Å²) in [5, 5.41) is 0. The van der Waals surface area contributed by atoms with Crippen molar-refractivity contribution in [1.82, 2.24) is 0 Å². The Kier molecular flexibility index (Phi) is 2.98. The largest absolute Gasteiger partial charge is 0.497 e. The third-order valence-corrected chi connectivity index (χ3v) is 2.56. The number of halogens is 1. The molecular weight excluding hydrogens is 230 g/mol. The fourth-order valence-corrected chi connectivity index (χ4v) is 1.88. The molecule has 0 fully saturated rings. The van der Waals surface area contributed by atoms with Gasteiger partial charge in [-0.2, -0.15) is 0 Å². The highest BCUT2D eigenvalue weighted by atomic mass is 79.9. The Morgan fingerprint density at radius 2 is 2.00 bits per heavy atom. The molecule has 1 aromatic carbocycles. The third kappa shape index (κ3) is 2.45. The van der Waals surface area contributed by atoms with Crippen molar-refractivity contribution in [1.29, 1.82) is 0 Å². The summed E-state index contributed by atoms with van der Waals surface area (Å²) in [6.45, 7) is 3.93. The summed E-state index contributed by atoms with van der Waals surface area (Å²) < 4.78 is 6.14. The first kappa shape index (κ1) is 10.5. The topological polar surface area (TPSA) is 35.2 Å². The van der Waals surface area contributed by atoms with Crippen molar-refractivity contribution in [2.24, 2.45) is 5.73 Å². The molecule has 0 aliphatic heterocycles. The predicted molar refractivity (Wildman–Crippen MR) is 57.9 cm³/mol. The standard InChI is InChI=1S/C10H14BrNO/c1-10(2,12)8-6-7(13-3)4-5-9(8)11/h4-6H,12H2,1-3H3. The van der Waals surface area contributed by atoms with E-state index in [-0.39, 0.29) is 5.54 Å².